The fourth-order valence-corrected chi connectivity index (χ4v) is 4.72. The van der Waals surface area contributed by atoms with E-state index in [1.54, 1.807) is 18.0 Å². The maximum Gasteiger partial charge on any atom is 0.220 e. The van der Waals surface area contributed by atoms with Gasteiger partial charge in [-0.3, -0.25) is 14.3 Å². The van der Waals surface area contributed by atoms with Crippen LogP contribution >= 0.6 is 11.8 Å². The van der Waals surface area contributed by atoms with Gasteiger partial charge in [0.15, 0.2) is 0 Å². The fraction of sp³-hybridized carbons (Fsp3) is 0.346. The molecule has 1 aliphatic rings. The molecule has 1 aromatic heterocycles. The van der Waals surface area contributed by atoms with Gasteiger partial charge in [-0.05, 0) is 48.8 Å². The summed E-state index contributed by atoms with van der Waals surface area (Å²) in [5.41, 5.74) is 2.98. The summed E-state index contributed by atoms with van der Waals surface area (Å²) in [7, 11) is 0. The van der Waals surface area contributed by atoms with Crippen LogP contribution < -0.4 is 10.6 Å². The summed E-state index contributed by atoms with van der Waals surface area (Å²) in [5, 5.41) is 10.6. The molecule has 3 aromatic rings. The van der Waals surface area contributed by atoms with Gasteiger partial charge in [-0.2, -0.15) is 5.10 Å². The van der Waals surface area contributed by atoms with Gasteiger partial charge in [0.05, 0.1) is 12.7 Å². The number of thioether (sulfide) groups is 1. The predicted molar refractivity (Wildman–Crippen MR) is 131 cm³/mol. The van der Waals surface area contributed by atoms with Gasteiger partial charge < -0.3 is 10.6 Å². The number of amides is 2. The molecular weight excluding hydrogens is 432 g/mol. The van der Waals surface area contributed by atoms with Gasteiger partial charge in [0.25, 0.3) is 0 Å². The minimum Gasteiger partial charge on any atom is -0.352 e. The molecule has 0 unspecified atom stereocenters. The van der Waals surface area contributed by atoms with Crippen LogP contribution in [-0.4, -0.2) is 33.4 Å². The van der Waals surface area contributed by atoms with E-state index >= 15 is 0 Å². The summed E-state index contributed by atoms with van der Waals surface area (Å²) in [5.74, 6) is 0.0611. The van der Waals surface area contributed by atoms with E-state index in [4.69, 9.17) is 0 Å². The van der Waals surface area contributed by atoms with Crippen LogP contribution in [0.2, 0.25) is 0 Å². The van der Waals surface area contributed by atoms with E-state index < -0.39 is 0 Å². The number of aromatic nitrogens is 2. The van der Waals surface area contributed by atoms with Crippen LogP contribution in [0.25, 0.3) is 0 Å². The SMILES string of the molecule is CSc1ccc(C[C@]2(CCC(=O)NCc3cnn(Cc4ccccc4)c3)CCC(=O)N2)cc1. The van der Waals surface area contributed by atoms with Crippen molar-refractivity contribution in [2.75, 3.05) is 6.26 Å². The molecule has 0 bridgehead atoms. The maximum atomic E-state index is 12.6. The quantitative estimate of drug-likeness (QED) is 0.448. The molecule has 1 aliphatic heterocycles. The van der Waals surface area contributed by atoms with E-state index in [0.717, 1.165) is 18.4 Å². The van der Waals surface area contributed by atoms with Gasteiger partial charge in [-0.15, -0.1) is 11.8 Å². The van der Waals surface area contributed by atoms with Gasteiger partial charge in [-0.25, -0.2) is 0 Å². The van der Waals surface area contributed by atoms with Crippen LogP contribution in [0.15, 0.2) is 71.9 Å². The zero-order valence-corrected chi connectivity index (χ0v) is 19.7. The highest BCUT2D eigenvalue weighted by Gasteiger charge is 2.37. The highest BCUT2D eigenvalue weighted by atomic mass is 32.2. The lowest BCUT2D eigenvalue weighted by Gasteiger charge is -2.29. The van der Waals surface area contributed by atoms with Crippen molar-refractivity contribution in [3.8, 4) is 0 Å². The molecule has 2 aromatic carbocycles. The second-order valence-corrected chi connectivity index (χ2v) is 9.54. The summed E-state index contributed by atoms with van der Waals surface area (Å²) in [6.07, 6.45) is 8.84. The average Bonchev–Trinajstić information content (AvgIpc) is 3.44. The smallest absolute Gasteiger partial charge is 0.220 e. The second kappa shape index (κ2) is 10.7. The predicted octanol–water partition coefficient (Wildman–Crippen LogP) is 3.94. The Bertz CT molecular complexity index is 1080. The number of nitrogens with zero attached hydrogens (tertiary/aromatic N) is 2. The van der Waals surface area contributed by atoms with Crippen LogP contribution in [0.4, 0.5) is 0 Å². The Kier molecular flexibility index (Phi) is 7.50. The van der Waals surface area contributed by atoms with E-state index in [-0.39, 0.29) is 17.4 Å². The van der Waals surface area contributed by atoms with Crippen molar-refractivity contribution in [3.05, 3.63) is 83.7 Å². The number of hydrogen-bond acceptors (Lipinski definition) is 4. The van der Waals surface area contributed by atoms with Crippen LogP contribution in [0.3, 0.4) is 0 Å². The Hall–Kier alpha value is -3.06. The van der Waals surface area contributed by atoms with Crippen molar-refractivity contribution in [1.29, 1.82) is 0 Å². The van der Waals surface area contributed by atoms with Crippen molar-refractivity contribution in [2.24, 2.45) is 0 Å². The molecule has 1 atom stereocenters. The molecule has 172 valence electrons. The summed E-state index contributed by atoms with van der Waals surface area (Å²) < 4.78 is 1.88. The first kappa shape index (κ1) is 23.1. The second-order valence-electron chi connectivity index (χ2n) is 8.66. The molecule has 0 radical (unpaired) electrons. The molecule has 33 heavy (non-hydrogen) atoms. The lowest BCUT2D eigenvalue weighted by molar-refractivity contribution is -0.122. The van der Waals surface area contributed by atoms with E-state index in [1.165, 1.54) is 16.0 Å². The normalized spacial score (nSPS) is 17.7. The van der Waals surface area contributed by atoms with E-state index in [9.17, 15) is 9.59 Å². The van der Waals surface area contributed by atoms with Crippen molar-refractivity contribution in [2.45, 2.75) is 55.6 Å². The third kappa shape index (κ3) is 6.48. The monoisotopic (exact) mass is 462 g/mol. The van der Waals surface area contributed by atoms with Crippen molar-refractivity contribution in [1.82, 2.24) is 20.4 Å². The first-order chi connectivity index (χ1) is 16.0. The number of hydrogen-bond donors (Lipinski definition) is 2. The first-order valence-corrected chi connectivity index (χ1v) is 12.5. The number of benzene rings is 2. The first-order valence-electron chi connectivity index (χ1n) is 11.3. The van der Waals surface area contributed by atoms with Crippen molar-refractivity contribution < 1.29 is 9.59 Å². The molecule has 4 rings (SSSR count). The zero-order chi connectivity index (χ0) is 23.1. The number of nitrogens with one attached hydrogen (secondary N) is 2. The Morgan fingerprint density at radius 2 is 1.91 bits per heavy atom. The molecule has 7 heteroatoms. The number of rotatable bonds is 10. The largest absolute Gasteiger partial charge is 0.352 e. The molecule has 2 heterocycles. The van der Waals surface area contributed by atoms with Crippen LogP contribution in [0.5, 0.6) is 0 Å². The lowest BCUT2D eigenvalue weighted by Crippen LogP contribution is -2.44. The Balaban J connectivity index is 1.28. The van der Waals surface area contributed by atoms with Gasteiger partial charge in [0.1, 0.15) is 0 Å². The summed E-state index contributed by atoms with van der Waals surface area (Å²) >= 11 is 1.71. The minimum absolute atomic E-state index is 0.0101. The molecule has 0 aliphatic carbocycles. The highest BCUT2D eigenvalue weighted by molar-refractivity contribution is 7.98. The Labute approximate surface area is 199 Å². The van der Waals surface area contributed by atoms with E-state index in [1.807, 2.05) is 29.1 Å². The summed E-state index contributed by atoms with van der Waals surface area (Å²) in [4.78, 5) is 25.8. The van der Waals surface area contributed by atoms with E-state index in [2.05, 4.69) is 58.4 Å². The summed E-state index contributed by atoms with van der Waals surface area (Å²) in [6.45, 7) is 1.15. The van der Waals surface area contributed by atoms with Crippen molar-refractivity contribution in [3.63, 3.8) is 0 Å². The molecular formula is C26H30N4O2S. The fourth-order valence-electron chi connectivity index (χ4n) is 4.31. The number of carbonyl (C=O) groups is 2. The minimum atomic E-state index is -0.351. The van der Waals surface area contributed by atoms with Gasteiger partial charge in [-0.1, -0.05) is 42.5 Å². The molecule has 6 nitrogen and oxygen atoms in total. The molecule has 2 amide bonds. The Morgan fingerprint density at radius 1 is 1.12 bits per heavy atom. The molecule has 2 N–H and O–H groups in total. The van der Waals surface area contributed by atoms with Crippen LogP contribution in [0.1, 0.15) is 42.4 Å². The average molecular weight is 463 g/mol. The standard InChI is InChI=1S/C26H30N4O2S/c1-33-23-9-7-20(8-10-23)15-26(14-12-25(32)29-26)13-11-24(31)27-16-22-17-28-30(19-22)18-21-5-3-2-4-6-21/h2-10,17,19H,11-16,18H2,1H3,(H,27,31)(H,29,32)/t26-/m0/s1. The van der Waals surface area contributed by atoms with Gasteiger partial charge >= 0.3 is 0 Å². The van der Waals surface area contributed by atoms with Gasteiger partial charge in [0, 0.05) is 41.6 Å². The summed E-state index contributed by atoms with van der Waals surface area (Å²) in [6, 6.07) is 18.6. The molecule has 1 saturated heterocycles. The zero-order valence-electron chi connectivity index (χ0n) is 18.9. The van der Waals surface area contributed by atoms with Crippen LogP contribution in [-0.2, 0) is 29.1 Å². The van der Waals surface area contributed by atoms with Crippen LogP contribution in [0, 0.1) is 0 Å². The molecule has 0 saturated carbocycles. The maximum absolute atomic E-state index is 12.6. The molecule has 1 fully saturated rings. The third-order valence-electron chi connectivity index (χ3n) is 6.13. The van der Waals surface area contributed by atoms with E-state index in [0.29, 0.717) is 32.4 Å². The third-order valence-corrected chi connectivity index (χ3v) is 6.87. The highest BCUT2D eigenvalue weighted by Crippen LogP contribution is 2.30. The Morgan fingerprint density at radius 3 is 2.61 bits per heavy atom. The topological polar surface area (TPSA) is 76.0 Å². The number of carbonyl (C=O) groups excluding carboxylic acids is 2. The lowest BCUT2D eigenvalue weighted by atomic mass is 9.85. The van der Waals surface area contributed by atoms with Gasteiger partial charge in [0.2, 0.25) is 11.8 Å². The van der Waals surface area contributed by atoms with Crippen molar-refractivity contribution >= 4 is 23.6 Å². The molecule has 0 spiro atoms.